The molecule has 0 bridgehead atoms. The van der Waals surface area contributed by atoms with Gasteiger partial charge in [0.1, 0.15) is 5.82 Å². The van der Waals surface area contributed by atoms with Crippen LogP contribution in [0.2, 0.25) is 0 Å². The van der Waals surface area contributed by atoms with Crippen LogP contribution in [0.1, 0.15) is 27.3 Å². The van der Waals surface area contributed by atoms with E-state index in [2.05, 4.69) is 10.4 Å². The van der Waals surface area contributed by atoms with E-state index in [1.54, 1.807) is 36.7 Å². The van der Waals surface area contributed by atoms with Crippen molar-refractivity contribution in [1.82, 2.24) is 9.78 Å². The van der Waals surface area contributed by atoms with Crippen molar-refractivity contribution in [3.63, 3.8) is 0 Å². The Balaban J connectivity index is 1.85. The van der Waals surface area contributed by atoms with Crippen molar-refractivity contribution in [3.05, 3.63) is 82.4 Å². The third-order valence-electron chi connectivity index (χ3n) is 4.08. The second-order valence-electron chi connectivity index (χ2n) is 5.88. The summed E-state index contributed by atoms with van der Waals surface area (Å²) in [4.78, 5) is 12.3. The third-order valence-corrected chi connectivity index (χ3v) is 4.08. The van der Waals surface area contributed by atoms with Gasteiger partial charge in [0.2, 0.25) is 0 Å². The first-order valence-electron chi connectivity index (χ1n) is 7.90. The molecular formula is C19H16F3N3O. The van der Waals surface area contributed by atoms with E-state index in [1.807, 2.05) is 0 Å². The van der Waals surface area contributed by atoms with Gasteiger partial charge in [-0.3, -0.25) is 9.48 Å². The van der Waals surface area contributed by atoms with Gasteiger partial charge in [-0.1, -0.05) is 18.2 Å². The Labute approximate surface area is 148 Å². The van der Waals surface area contributed by atoms with Crippen molar-refractivity contribution in [2.45, 2.75) is 20.4 Å². The van der Waals surface area contributed by atoms with Crippen LogP contribution < -0.4 is 5.32 Å². The molecule has 1 amide bonds. The van der Waals surface area contributed by atoms with E-state index in [0.717, 1.165) is 12.1 Å². The molecule has 1 N–H and O–H groups in total. The van der Waals surface area contributed by atoms with Crippen molar-refractivity contribution >= 4 is 11.6 Å². The molecule has 0 aliphatic carbocycles. The second-order valence-corrected chi connectivity index (χ2v) is 5.88. The van der Waals surface area contributed by atoms with E-state index < -0.39 is 17.5 Å². The fourth-order valence-corrected chi connectivity index (χ4v) is 2.64. The van der Waals surface area contributed by atoms with Crippen LogP contribution in [0, 0.1) is 31.3 Å². The van der Waals surface area contributed by atoms with E-state index in [-0.39, 0.29) is 17.9 Å². The topological polar surface area (TPSA) is 46.9 Å². The van der Waals surface area contributed by atoms with Crippen LogP contribution in [-0.4, -0.2) is 15.7 Å². The molecule has 0 atom stereocenters. The molecule has 134 valence electrons. The van der Waals surface area contributed by atoms with Crippen molar-refractivity contribution in [1.29, 1.82) is 0 Å². The number of benzene rings is 2. The quantitative estimate of drug-likeness (QED) is 0.758. The number of amides is 1. The second kappa shape index (κ2) is 7.03. The largest absolute Gasteiger partial charge is 0.319 e. The summed E-state index contributed by atoms with van der Waals surface area (Å²) in [7, 11) is 0. The molecule has 0 saturated carbocycles. The molecule has 0 aliphatic heterocycles. The molecule has 0 aliphatic rings. The fraction of sp³-hybridized carbons (Fsp3) is 0.158. The summed E-state index contributed by atoms with van der Waals surface area (Å²) in [5, 5.41) is 6.98. The van der Waals surface area contributed by atoms with Gasteiger partial charge in [-0.05, 0) is 38.1 Å². The lowest BCUT2D eigenvalue weighted by molar-refractivity contribution is 0.102. The Hall–Kier alpha value is -3.09. The number of carbonyl (C=O) groups excluding carboxylic acids is 1. The summed E-state index contributed by atoms with van der Waals surface area (Å²) in [5.41, 5.74) is 2.08. The highest BCUT2D eigenvalue weighted by Gasteiger charge is 2.17. The zero-order valence-corrected chi connectivity index (χ0v) is 14.2. The minimum Gasteiger partial charge on any atom is -0.319 e. The molecule has 3 aromatic rings. The van der Waals surface area contributed by atoms with Crippen molar-refractivity contribution in [3.8, 4) is 0 Å². The Morgan fingerprint density at radius 1 is 1.04 bits per heavy atom. The van der Waals surface area contributed by atoms with Crippen LogP contribution in [0.3, 0.4) is 0 Å². The molecule has 1 aromatic heterocycles. The molecule has 0 spiro atoms. The fourth-order valence-electron chi connectivity index (χ4n) is 2.64. The average Bonchev–Trinajstić information content (AvgIpc) is 2.87. The minimum absolute atomic E-state index is 0.00967. The molecule has 3 rings (SSSR count). The van der Waals surface area contributed by atoms with Gasteiger partial charge in [0, 0.05) is 11.1 Å². The van der Waals surface area contributed by atoms with Gasteiger partial charge in [-0.2, -0.15) is 5.10 Å². The first-order chi connectivity index (χ1) is 12.4. The van der Waals surface area contributed by atoms with Crippen LogP contribution >= 0.6 is 0 Å². The molecule has 1 heterocycles. The number of nitrogens with one attached hydrogen (secondary N) is 1. The van der Waals surface area contributed by atoms with Crippen LogP contribution in [0.15, 0.2) is 42.5 Å². The van der Waals surface area contributed by atoms with Gasteiger partial charge < -0.3 is 5.32 Å². The molecule has 2 aromatic carbocycles. The maximum absolute atomic E-state index is 13.8. The van der Waals surface area contributed by atoms with Gasteiger partial charge in [-0.25, -0.2) is 13.2 Å². The van der Waals surface area contributed by atoms with Crippen LogP contribution in [0.4, 0.5) is 18.9 Å². The smallest absolute Gasteiger partial charge is 0.255 e. The molecule has 4 nitrogen and oxygen atoms in total. The van der Waals surface area contributed by atoms with Crippen molar-refractivity contribution in [2.75, 3.05) is 5.32 Å². The number of rotatable bonds is 4. The van der Waals surface area contributed by atoms with E-state index in [9.17, 15) is 18.0 Å². The number of aryl methyl sites for hydroxylation is 1. The lowest BCUT2D eigenvalue weighted by Crippen LogP contribution is -2.14. The monoisotopic (exact) mass is 359 g/mol. The lowest BCUT2D eigenvalue weighted by Gasteiger charge is -2.08. The zero-order chi connectivity index (χ0) is 18.8. The van der Waals surface area contributed by atoms with Crippen molar-refractivity contribution in [2.24, 2.45) is 0 Å². The van der Waals surface area contributed by atoms with Gasteiger partial charge in [0.25, 0.3) is 5.91 Å². The Kier molecular flexibility index (Phi) is 4.79. The van der Waals surface area contributed by atoms with Gasteiger partial charge in [-0.15, -0.1) is 0 Å². The average molecular weight is 359 g/mol. The van der Waals surface area contributed by atoms with Gasteiger partial charge in [0.15, 0.2) is 11.6 Å². The molecule has 0 radical (unpaired) electrons. The predicted octanol–water partition coefficient (Wildman–Crippen LogP) is 4.22. The summed E-state index contributed by atoms with van der Waals surface area (Å²) in [6, 6.07) is 9.29. The summed E-state index contributed by atoms with van der Waals surface area (Å²) in [5.74, 6) is -3.04. The maximum Gasteiger partial charge on any atom is 0.255 e. The SMILES string of the molecule is Cc1nn(Cc2ccccc2F)c(C)c1NC(=O)c1ccc(F)c(F)c1. The molecule has 0 unspecified atom stereocenters. The van der Waals surface area contributed by atoms with Crippen molar-refractivity contribution < 1.29 is 18.0 Å². The highest BCUT2D eigenvalue weighted by atomic mass is 19.2. The normalized spacial score (nSPS) is 10.8. The Morgan fingerprint density at radius 2 is 1.77 bits per heavy atom. The number of anilines is 1. The number of carbonyl (C=O) groups is 1. The number of nitrogens with zero attached hydrogens (tertiary/aromatic N) is 2. The van der Waals surface area contributed by atoms with Gasteiger partial charge >= 0.3 is 0 Å². The van der Waals surface area contributed by atoms with Crippen LogP contribution in [0.25, 0.3) is 0 Å². The van der Waals surface area contributed by atoms with Crippen LogP contribution in [-0.2, 0) is 6.54 Å². The third kappa shape index (κ3) is 3.46. The summed E-state index contributed by atoms with van der Waals surface area (Å²) in [6.45, 7) is 3.65. The maximum atomic E-state index is 13.8. The molecule has 7 heteroatoms. The first-order valence-corrected chi connectivity index (χ1v) is 7.90. The number of halogens is 3. The highest BCUT2D eigenvalue weighted by Crippen LogP contribution is 2.22. The van der Waals surface area contributed by atoms with E-state index in [0.29, 0.717) is 22.6 Å². The molecule has 0 fully saturated rings. The zero-order valence-electron chi connectivity index (χ0n) is 14.2. The molecule has 26 heavy (non-hydrogen) atoms. The standard InChI is InChI=1S/C19H16F3N3O/c1-11-18(23-19(26)13-7-8-16(21)17(22)9-13)12(2)25(24-11)10-14-5-3-4-6-15(14)20/h3-9H,10H2,1-2H3,(H,23,26). The van der Waals surface area contributed by atoms with Gasteiger partial charge in [0.05, 0.1) is 23.6 Å². The summed E-state index contributed by atoms with van der Waals surface area (Å²) >= 11 is 0. The minimum atomic E-state index is -1.10. The Bertz CT molecular complexity index is 982. The molecular weight excluding hydrogens is 343 g/mol. The summed E-state index contributed by atoms with van der Waals surface area (Å²) in [6.07, 6.45) is 0. The van der Waals surface area contributed by atoms with E-state index in [1.165, 1.54) is 12.1 Å². The Morgan fingerprint density at radius 3 is 2.46 bits per heavy atom. The molecule has 0 saturated heterocycles. The highest BCUT2D eigenvalue weighted by molar-refractivity contribution is 6.04. The summed E-state index contributed by atoms with van der Waals surface area (Å²) < 4.78 is 41.7. The lowest BCUT2D eigenvalue weighted by atomic mass is 10.2. The first kappa shape index (κ1) is 17.7. The predicted molar refractivity (Wildman–Crippen MR) is 91.5 cm³/mol. The van der Waals surface area contributed by atoms with E-state index >= 15 is 0 Å². The number of aromatic nitrogens is 2. The number of hydrogen-bond acceptors (Lipinski definition) is 2. The van der Waals surface area contributed by atoms with E-state index in [4.69, 9.17) is 0 Å². The number of hydrogen-bond donors (Lipinski definition) is 1. The van der Waals surface area contributed by atoms with Crippen LogP contribution in [0.5, 0.6) is 0 Å².